The average molecular weight is 327 g/mol. The van der Waals surface area contributed by atoms with Crippen molar-refractivity contribution in [2.24, 2.45) is 0 Å². The highest BCUT2D eigenvalue weighted by molar-refractivity contribution is 5.67. The molecule has 2 N–H and O–H groups in total. The van der Waals surface area contributed by atoms with Crippen LogP contribution in [0, 0.1) is 0 Å². The summed E-state index contributed by atoms with van der Waals surface area (Å²) in [5, 5.41) is 12.4. The lowest BCUT2D eigenvalue weighted by Gasteiger charge is -2.21. The second kappa shape index (κ2) is 8.47. The molecule has 1 unspecified atom stereocenters. The van der Waals surface area contributed by atoms with Gasteiger partial charge in [-0.2, -0.15) is 0 Å². The highest BCUT2D eigenvalue weighted by Gasteiger charge is 2.18. The summed E-state index contributed by atoms with van der Waals surface area (Å²) in [5.41, 5.74) is -0.587. The second-order valence-electron chi connectivity index (χ2n) is 5.84. The van der Waals surface area contributed by atoms with Crippen molar-refractivity contribution in [1.82, 2.24) is 5.32 Å². The molecule has 1 atom stereocenters. The molecule has 0 saturated carbocycles. The van der Waals surface area contributed by atoms with Gasteiger partial charge in [0.2, 0.25) is 5.75 Å². The van der Waals surface area contributed by atoms with Gasteiger partial charge in [0.05, 0.1) is 20.8 Å². The number of rotatable bonds is 7. The van der Waals surface area contributed by atoms with E-state index in [4.69, 9.17) is 18.9 Å². The minimum absolute atomic E-state index is 0.00633. The molecule has 0 bridgehead atoms. The monoisotopic (exact) mass is 327 g/mol. The van der Waals surface area contributed by atoms with Gasteiger partial charge in [0.15, 0.2) is 11.5 Å². The summed E-state index contributed by atoms with van der Waals surface area (Å²) < 4.78 is 21.0. The molecule has 23 heavy (non-hydrogen) atoms. The minimum Gasteiger partial charge on any atom is -0.493 e. The number of para-hydroxylation sites is 1. The lowest BCUT2D eigenvalue weighted by Crippen LogP contribution is -2.38. The number of nitrogens with one attached hydrogen (secondary N) is 1. The van der Waals surface area contributed by atoms with Crippen LogP contribution in [0.5, 0.6) is 17.2 Å². The number of alkyl carbamates (subject to hydrolysis) is 1. The zero-order valence-electron chi connectivity index (χ0n) is 14.2. The van der Waals surface area contributed by atoms with E-state index in [-0.39, 0.29) is 13.2 Å². The van der Waals surface area contributed by atoms with Crippen LogP contribution < -0.4 is 19.5 Å². The van der Waals surface area contributed by atoms with Crippen LogP contribution in [0.4, 0.5) is 4.79 Å². The van der Waals surface area contributed by atoms with Gasteiger partial charge in [0.25, 0.3) is 0 Å². The lowest BCUT2D eigenvalue weighted by molar-refractivity contribution is 0.0460. The van der Waals surface area contributed by atoms with Gasteiger partial charge < -0.3 is 29.4 Å². The van der Waals surface area contributed by atoms with Crippen LogP contribution in [0.2, 0.25) is 0 Å². The predicted octanol–water partition coefficient (Wildman–Crippen LogP) is 1.97. The van der Waals surface area contributed by atoms with Crippen molar-refractivity contribution in [3.8, 4) is 17.2 Å². The van der Waals surface area contributed by atoms with E-state index >= 15 is 0 Å². The Morgan fingerprint density at radius 2 is 1.78 bits per heavy atom. The fourth-order valence-corrected chi connectivity index (χ4v) is 1.71. The van der Waals surface area contributed by atoms with Crippen LogP contribution >= 0.6 is 0 Å². The summed E-state index contributed by atoms with van der Waals surface area (Å²) in [5.74, 6) is 1.39. The Hall–Kier alpha value is -2.15. The molecule has 0 saturated heterocycles. The zero-order valence-corrected chi connectivity index (χ0v) is 14.2. The highest BCUT2D eigenvalue weighted by atomic mass is 16.6. The van der Waals surface area contributed by atoms with Gasteiger partial charge in [-0.15, -0.1) is 0 Å². The summed E-state index contributed by atoms with van der Waals surface area (Å²) >= 11 is 0. The number of benzene rings is 1. The van der Waals surface area contributed by atoms with Gasteiger partial charge in [0.1, 0.15) is 18.3 Å². The van der Waals surface area contributed by atoms with Crippen molar-refractivity contribution in [2.45, 2.75) is 32.5 Å². The number of ether oxygens (including phenoxy) is 4. The maximum Gasteiger partial charge on any atom is 0.407 e. The van der Waals surface area contributed by atoms with Crippen molar-refractivity contribution in [3.05, 3.63) is 18.2 Å². The Morgan fingerprint density at radius 1 is 1.22 bits per heavy atom. The van der Waals surface area contributed by atoms with E-state index in [2.05, 4.69) is 5.32 Å². The lowest BCUT2D eigenvalue weighted by atomic mass is 10.2. The van der Waals surface area contributed by atoms with Gasteiger partial charge in [0, 0.05) is 0 Å². The Kier molecular flexibility index (Phi) is 6.96. The van der Waals surface area contributed by atoms with Crippen LogP contribution in [0.3, 0.4) is 0 Å². The van der Waals surface area contributed by atoms with Crippen LogP contribution in [-0.2, 0) is 4.74 Å². The molecule has 1 amide bonds. The summed E-state index contributed by atoms with van der Waals surface area (Å²) in [6.07, 6.45) is -1.50. The van der Waals surface area contributed by atoms with E-state index in [1.807, 2.05) is 0 Å². The number of aliphatic hydroxyl groups is 1. The van der Waals surface area contributed by atoms with Crippen molar-refractivity contribution in [3.63, 3.8) is 0 Å². The predicted molar refractivity (Wildman–Crippen MR) is 85.3 cm³/mol. The first-order valence-electron chi connectivity index (χ1n) is 7.25. The van der Waals surface area contributed by atoms with E-state index in [1.54, 1.807) is 39.0 Å². The number of amides is 1. The molecule has 0 aromatic heterocycles. The minimum atomic E-state index is -0.905. The normalized spacial score (nSPS) is 12.3. The molecule has 1 rings (SSSR count). The maximum atomic E-state index is 11.5. The SMILES string of the molecule is COc1cccc(OC)c1OCC(O)CNC(=O)OC(C)(C)C. The molecule has 0 spiro atoms. The fraction of sp³-hybridized carbons (Fsp3) is 0.562. The van der Waals surface area contributed by atoms with Gasteiger partial charge >= 0.3 is 6.09 Å². The first-order valence-corrected chi connectivity index (χ1v) is 7.25. The molecule has 1 aromatic carbocycles. The largest absolute Gasteiger partial charge is 0.493 e. The number of hydrogen-bond acceptors (Lipinski definition) is 6. The van der Waals surface area contributed by atoms with Gasteiger partial charge in [-0.3, -0.25) is 0 Å². The maximum absolute atomic E-state index is 11.5. The molecule has 0 radical (unpaired) electrons. The first kappa shape index (κ1) is 18.9. The molecular weight excluding hydrogens is 302 g/mol. The van der Waals surface area contributed by atoms with E-state index in [0.717, 1.165) is 0 Å². The van der Waals surface area contributed by atoms with Crippen molar-refractivity contribution in [1.29, 1.82) is 0 Å². The smallest absolute Gasteiger partial charge is 0.407 e. The molecule has 130 valence electrons. The number of methoxy groups -OCH3 is 2. The molecule has 0 aliphatic rings. The van der Waals surface area contributed by atoms with Gasteiger partial charge in [-0.05, 0) is 32.9 Å². The van der Waals surface area contributed by atoms with E-state index < -0.39 is 17.8 Å². The first-order chi connectivity index (χ1) is 10.8. The van der Waals surface area contributed by atoms with Crippen LogP contribution in [0.25, 0.3) is 0 Å². The van der Waals surface area contributed by atoms with Crippen molar-refractivity contribution >= 4 is 6.09 Å². The standard InChI is InChI=1S/C16H25NO6/c1-16(2,3)23-15(19)17-9-11(18)10-22-14-12(20-4)7-6-8-13(14)21-5/h6-8,11,18H,9-10H2,1-5H3,(H,17,19). The summed E-state index contributed by atoms with van der Waals surface area (Å²) in [6.45, 7) is 5.26. The molecular formula is C16H25NO6. The molecule has 7 nitrogen and oxygen atoms in total. The Labute approximate surface area is 136 Å². The fourth-order valence-electron chi connectivity index (χ4n) is 1.71. The number of carbonyl (C=O) groups is 1. The molecule has 0 fully saturated rings. The molecule has 7 heteroatoms. The van der Waals surface area contributed by atoms with Crippen molar-refractivity contribution < 1.29 is 28.8 Å². The quantitative estimate of drug-likeness (QED) is 0.796. The van der Waals surface area contributed by atoms with Crippen LogP contribution in [0.15, 0.2) is 18.2 Å². The number of hydrogen-bond donors (Lipinski definition) is 2. The average Bonchev–Trinajstić information content (AvgIpc) is 2.48. The van der Waals surface area contributed by atoms with Crippen LogP contribution in [0.1, 0.15) is 20.8 Å². The summed E-state index contributed by atoms with van der Waals surface area (Å²) in [7, 11) is 3.03. The second-order valence-corrected chi connectivity index (χ2v) is 5.84. The van der Waals surface area contributed by atoms with Gasteiger partial charge in [-0.1, -0.05) is 6.07 Å². The highest BCUT2D eigenvalue weighted by Crippen LogP contribution is 2.36. The Bertz CT molecular complexity index is 490. The summed E-state index contributed by atoms with van der Waals surface area (Å²) in [4.78, 5) is 11.5. The van der Waals surface area contributed by atoms with Crippen molar-refractivity contribution in [2.75, 3.05) is 27.4 Å². The summed E-state index contributed by atoms with van der Waals surface area (Å²) in [6, 6.07) is 5.22. The third-order valence-electron chi connectivity index (χ3n) is 2.68. The third kappa shape index (κ3) is 6.65. The molecule has 0 heterocycles. The van der Waals surface area contributed by atoms with E-state index in [1.165, 1.54) is 14.2 Å². The topological polar surface area (TPSA) is 86.3 Å². The number of carbonyl (C=O) groups excluding carboxylic acids is 1. The third-order valence-corrected chi connectivity index (χ3v) is 2.68. The number of aliphatic hydroxyl groups excluding tert-OH is 1. The van der Waals surface area contributed by atoms with Gasteiger partial charge in [-0.25, -0.2) is 4.79 Å². The zero-order chi connectivity index (χ0) is 17.5. The molecule has 0 aliphatic heterocycles. The van der Waals surface area contributed by atoms with Crippen LogP contribution in [-0.4, -0.2) is 50.3 Å². The van der Waals surface area contributed by atoms with E-state index in [9.17, 15) is 9.90 Å². The Balaban J connectivity index is 2.51. The molecule has 1 aromatic rings. The Morgan fingerprint density at radius 3 is 2.26 bits per heavy atom. The van der Waals surface area contributed by atoms with E-state index in [0.29, 0.717) is 17.2 Å². The molecule has 0 aliphatic carbocycles.